The van der Waals surface area contributed by atoms with E-state index in [0.29, 0.717) is 44.4 Å². The summed E-state index contributed by atoms with van der Waals surface area (Å²) in [5, 5.41) is 6.10. The number of allylic oxidation sites excluding steroid dienone is 1. The number of alkyl carbamates (subject to hydrolysis) is 1. The van der Waals surface area contributed by atoms with Crippen molar-refractivity contribution in [3.05, 3.63) is 42.5 Å². The van der Waals surface area contributed by atoms with Gasteiger partial charge in [-0.15, -0.1) is 0 Å². The number of rotatable bonds is 9. The number of nitrogens with one attached hydrogen (secondary N) is 3. The van der Waals surface area contributed by atoms with Gasteiger partial charge in [-0.3, -0.25) is 19.1 Å². The van der Waals surface area contributed by atoms with Crippen LogP contribution in [0, 0.1) is 17.8 Å². The van der Waals surface area contributed by atoms with Crippen molar-refractivity contribution in [2.75, 3.05) is 13.7 Å². The van der Waals surface area contributed by atoms with Crippen LogP contribution in [0.25, 0.3) is 10.8 Å². The molecule has 4 amide bonds. The standard InChI is InChI=1S/C39H51F2N5O9S/c1-22-11-7-9-13-25-20-39(25,35(49)45-56(51,52)27-15-16-27)44-32(47)29-19-26(54-33-28-14-10-8-12-24(28)18-30(42-33)53-6)21-46(29)34(48)31(23(2)17-22)43-36(50)55-37(3,4)38(5,40)41/h8-10,12-14,18,22-23,25-27,29,31H,7,11,15-17,19-21H2,1-6H3,(H,43,50)(H,44,47)(H,45,49)/b13-9-/t22-,23+,25+,26+,29-,31-,39+/m0/s1. The van der Waals surface area contributed by atoms with Crippen LogP contribution in [0.5, 0.6) is 11.8 Å². The number of halogens is 2. The van der Waals surface area contributed by atoms with Crippen LogP contribution in [-0.2, 0) is 29.1 Å². The third-order valence-electron chi connectivity index (χ3n) is 11.5. The predicted molar refractivity (Wildman–Crippen MR) is 201 cm³/mol. The Morgan fingerprint density at radius 1 is 1.07 bits per heavy atom. The number of fused-ring (bicyclic) bond motifs is 3. The first-order valence-electron chi connectivity index (χ1n) is 19.1. The van der Waals surface area contributed by atoms with Crippen LogP contribution in [0.15, 0.2) is 42.5 Å². The lowest BCUT2D eigenvalue weighted by atomic mass is 9.88. The Morgan fingerprint density at radius 3 is 2.46 bits per heavy atom. The molecule has 0 unspecified atom stereocenters. The van der Waals surface area contributed by atoms with Gasteiger partial charge in [0.25, 0.3) is 11.8 Å². The van der Waals surface area contributed by atoms with E-state index in [1.165, 1.54) is 12.0 Å². The molecule has 14 nitrogen and oxygen atoms in total. The molecule has 3 fully saturated rings. The zero-order valence-electron chi connectivity index (χ0n) is 32.5. The smallest absolute Gasteiger partial charge is 0.408 e. The Morgan fingerprint density at radius 2 is 1.79 bits per heavy atom. The minimum atomic E-state index is -3.95. The minimum absolute atomic E-state index is 0.0258. The van der Waals surface area contributed by atoms with Crippen LogP contribution < -0.4 is 24.8 Å². The maximum atomic E-state index is 14.8. The molecule has 0 bridgehead atoms. The second-order valence-corrected chi connectivity index (χ2v) is 18.3. The highest BCUT2D eigenvalue weighted by molar-refractivity contribution is 7.91. The van der Waals surface area contributed by atoms with Gasteiger partial charge in [-0.25, -0.2) is 22.0 Å². The van der Waals surface area contributed by atoms with Gasteiger partial charge in [-0.1, -0.05) is 44.2 Å². The van der Waals surface area contributed by atoms with Crippen molar-refractivity contribution in [1.29, 1.82) is 0 Å². The first-order valence-corrected chi connectivity index (χ1v) is 20.6. The van der Waals surface area contributed by atoms with Gasteiger partial charge in [0.05, 0.1) is 18.9 Å². The molecule has 0 spiro atoms. The fourth-order valence-corrected chi connectivity index (χ4v) is 8.83. The molecule has 2 aliphatic heterocycles. The van der Waals surface area contributed by atoms with E-state index in [0.717, 1.165) is 19.2 Å². The Labute approximate surface area is 325 Å². The number of carbonyl (C=O) groups excluding carboxylic acids is 4. The summed E-state index contributed by atoms with van der Waals surface area (Å²) >= 11 is 0. The van der Waals surface area contributed by atoms with E-state index in [1.807, 2.05) is 31.2 Å². The molecule has 4 aliphatic rings. The zero-order valence-corrected chi connectivity index (χ0v) is 33.3. The van der Waals surface area contributed by atoms with Crippen molar-refractivity contribution in [2.24, 2.45) is 17.8 Å². The summed E-state index contributed by atoms with van der Waals surface area (Å²) in [7, 11) is -2.49. The summed E-state index contributed by atoms with van der Waals surface area (Å²) in [5.74, 6) is -6.24. The maximum Gasteiger partial charge on any atom is 0.408 e. The average Bonchev–Trinajstić information content (AvgIpc) is 4.04. The molecule has 1 aromatic carbocycles. The highest BCUT2D eigenvalue weighted by atomic mass is 32.2. The molecule has 2 aromatic rings. The summed E-state index contributed by atoms with van der Waals surface area (Å²) < 4.78 is 73.6. The number of methoxy groups -OCH3 is 1. The molecule has 3 heterocycles. The number of pyridine rings is 1. The van der Waals surface area contributed by atoms with E-state index in [1.54, 1.807) is 25.1 Å². The lowest BCUT2D eigenvalue weighted by molar-refractivity contribution is -0.152. The highest BCUT2D eigenvalue weighted by Gasteiger charge is 2.62. The highest BCUT2D eigenvalue weighted by Crippen LogP contribution is 2.46. The second-order valence-electron chi connectivity index (χ2n) is 16.4. The fourth-order valence-electron chi connectivity index (χ4n) is 7.47. The number of hydrogen-bond donors (Lipinski definition) is 3. The number of aromatic nitrogens is 1. The lowest BCUT2D eigenvalue weighted by Crippen LogP contribution is -2.59. The SMILES string of the molecule is COc1cc2ccccc2c(O[C@@H]2C[C@H]3C(=O)N[C@]4(C(=O)NS(=O)(=O)C5CC5)C[C@H]4/C=C\CC[C@H](C)C[C@@H](C)[C@H](NC(=O)OC(C)(C)C(C)(F)F)C(=O)N3C2)n1. The number of ether oxygens (including phenoxy) is 3. The first-order chi connectivity index (χ1) is 26.2. The first kappa shape index (κ1) is 41.1. The fraction of sp³-hybridized carbons (Fsp3) is 0.615. The zero-order chi connectivity index (χ0) is 40.8. The molecule has 1 aromatic heterocycles. The molecule has 1 saturated heterocycles. The summed E-state index contributed by atoms with van der Waals surface area (Å²) in [5.41, 5.74) is -3.81. The van der Waals surface area contributed by atoms with Crippen LogP contribution in [0.4, 0.5) is 13.6 Å². The van der Waals surface area contributed by atoms with Crippen molar-refractivity contribution in [2.45, 2.75) is 120 Å². The van der Waals surface area contributed by atoms with Crippen LogP contribution in [-0.4, -0.2) is 96.3 Å². The quantitative estimate of drug-likeness (QED) is 0.303. The molecule has 17 heteroatoms. The van der Waals surface area contributed by atoms with Crippen LogP contribution in [0.2, 0.25) is 0 Å². The normalized spacial score (nSPS) is 29.5. The average molecular weight is 804 g/mol. The number of nitrogens with zero attached hydrogens (tertiary/aromatic N) is 2. The molecule has 6 rings (SSSR count). The molecule has 2 aliphatic carbocycles. The van der Waals surface area contributed by atoms with Gasteiger partial charge in [0.2, 0.25) is 33.6 Å². The molecule has 7 atom stereocenters. The van der Waals surface area contributed by atoms with E-state index in [2.05, 4.69) is 20.3 Å². The van der Waals surface area contributed by atoms with Gasteiger partial charge in [0.1, 0.15) is 23.7 Å². The molecule has 56 heavy (non-hydrogen) atoms. The summed E-state index contributed by atoms with van der Waals surface area (Å²) in [4.78, 5) is 62.0. The minimum Gasteiger partial charge on any atom is -0.481 e. The van der Waals surface area contributed by atoms with Crippen LogP contribution in [0.3, 0.4) is 0 Å². The van der Waals surface area contributed by atoms with E-state index in [-0.39, 0.29) is 37.1 Å². The number of sulfonamides is 1. The molecule has 2 saturated carbocycles. The number of hydrogen-bond acceptors (Lipinski definition) is 10. The molecular formula is C39H51F2N5O9S. The van der Waals surface area contributed by atoms with Crippen molar-refractivity contribution in [3.63, 3.8) is 0 Å². The van der Waals surface area contributed by atoms with Gasteiger partial charge in [0, 0.05) is 30.7 Å². The summed E-state index contributed by atoms with van der Waals surface area (Å²) in [6.07, 6.45) is 4.28. The molecular weight excluding hydrogens is 753 g/mol. The molecule has 0 radical (unpaired) electrons. The lowest BCUT2D eigenvalue weighted by Gasteiger charge is -2.35. The van der Waals surface area contributed by atoms with Crippen molar-refractivity contribution >= 4 is 44.6 Å². The van der Waals surface area contributed by atoms with Gasteiger partial charge in [0.15, 0.2) is 5.60 Å². The van der Waals surface area contributed by atoms with Gasteiger partial charge < -0.3 is 29.7 Å². The van der Waals surface area contributed by atoms with Crippen LogP contribution in [0.1, 0.15) is 79.6 Å². The van der Waals surface area contributed by atoms with Crippen molar-refractivity contribution in [1.82, 2.24) is 25.2 Å². The van der Waals surface area contributed by atoms with Crippen molar-refractivity contribution in [3.8, 4) is 11.8 Å². The van der Waals surface area contributed by atoms with Crippen molar-refractivity contribution < 1.29 is 50.6 Å². The topological polar surface area (TPSA) is 182 Å². The van der Waals surface area contributed by atoms with Crippen LogP contribution >= 0.6 is 0 Å². The Bertz CT molecular complexity index is 2000. The van der Waals surface area contributed by atoms with E-state index in [9.17, 15) is 36.4 Å². The van der Waals surface area contributed by atoms with E-state index < -0.39 is 86.2 Å². The van der Waals surface area contributed by atoms with E-state index in [4.69, 9.17) is 14.2 Å². The summed E-state index contributed by atoms with van der Waals surface area (Å²) in [6.45, 7) is 6.34. The Balaban J connectivity index is 1.36. The number of alkyl halides is 2. The Hall–Kier alpha value is -4.54. The Kier molecular flexibility index (Phi) is 11.3. The third kappa shape index (κ3) is 8.71. The second kappa shape index (κ2) is 15.4. The summed E-state index contributed by atoms with van der Waals surface area (Å²) in [6, 6.07) is 6.46. The van der Waals surface area contributed by atoms with Gasteiger partial charge in [-0.2, -0.15) is 4.98 Å². The number of amides is 4. The maximum absolute atomic E-state index is 14.8. The predicted octanol–water partition coefficient (Wildman–Crippen LogP) is 4.62. The largest absolute Gasteiger partial charge is 0.481 e. The number of benzene rings is 1. The molecule has 3 N–H and O–H groups in total. The van der Waals surface area contributed by atoms with Gasteiger partial charge in [-0.05, 0) is 75.7 Å². The number of carbonyl (C=O) groups is 4. The molecule has 306 valence electrons. The monoisotopic (exact) mass is 803 g/mol. The third-order valence-corrected chi connectivity index (χ3v) is 13.3. The van der Waals surface area contributed by atoms with Gasteiger partial charge >= 0.3 is 6.09 Å². The van der Waals surface area contributed by atoms with E-state index >= 15 is 0 Å².